The number of nitrogens with zero attached hydrogens (tertiary/aromatic N) is 2. The summed E-state index contributed by atoms with van der Waals surface area (Å²) in [6.07, 6.45) is 1.24. The van der Waals surface area contributed by atoms with Gasteiger partial charge < -0.3 is 10.2 Å². The van der Waals surface area contributed by atoms with Crippen LogP contribution in [0, 0.1) is 0 Å². The monoisotopic (exact) mass is 667 g/mol. The standard InChI is InChI=1S/C29H32BrCl2N3O4S/c1-29(2,3)33-28(37)26(16-20-8-6-5-7-9-20)34(18-21-10-12-22(30)13-11-21)27(36)19-35(40(4,38)39)23-14-15-24(31)25(32)17-23/h5-15,17,26H,16,18-19H2,1-4H3,(H,33,37). The van der Waals surface area contributed by atoms with Crippen molar-refractivity contribution in [3.05, 3.63) is 98.4 Å². The Morgan fingerprint density at radius 2 is 1.55 bits per heavy atom. The predicted molar refractivity (Wildman–Crippen MR) is 165 cm³/mol. The van der Waals surface area contributed by atoms with E-state index in [2.05, 4.69) is 21.2 Å². The molecule has 0 spiro atoms. The highest BCUT2D eigenvalue weighted by Gasteiger charge is 2.34. The fraction of sp³-hybridized carbons (Fsp3) is 0.310. The minimum Gasteiger partial charge on any atom is -0.350 e. The molecular formula is C29H32BrCl2N3O4S. The molecule has 0 aromatic heterocycles. The summed E-state index contributed by atoms with van der Waals surface area (Å²) in [5, 5.41) is 3.40. The number of sulfonamides is 1. The summed E-state index contributed by atoms with van der Waals surface area (Å²) in [7, 11) is -3.91. The van der Waals surface area contributed by atoms with Crippen molar-refractivity contribution in [1.29, 1.82) is 0 Å². The van der Waals surface area contributed by atoms with Crippen LogP contribution >= 0.6 is 39.1 Å². The molecule has 1 unspecified atom stereocenters. The second kappa shape index (κ2) is 13.4. The minimum absolute atomic E-state index is 0.0835. The number of carbonyl (C=O) groups is 2. The average Bonchev–Trinajstić information content (AvgIpc) is 2.86. The lowest BCUT2D eigenvalue weighted by Crippen LogP contribution is -2.56. The van der Waals surface area contributed by atoms with Crippen LogP contribution in [-0.4, -0.2) is 49.5 Å². The molecule has 1 atom stereocenters. The van der Waals surface area contributed by atoms with Gasteiger partial charge in [0.1, 0.15) is 12.6 Å². The first-order valence-electron chi connectivity index (χ1n) is 12.5. The largest absolute Gasteiger partial charge is 0.350 e. The molecule has 7 nitrogen and oxygen atoms in total. The first-order valence-corrected chi connectivity index (χ1v) is 15.9. The van der Waals surface area contributed by atoms with E-state index in [4.69, 9.17) is 23.2 Å². The van der Waals surface area contributed by atoms with Crippen LogP contribution < -0.4 is 9.62 Å². The maximum absolute atomic E-state index is 14.1. The van der Waals surface area contributed by atoms with Crippen molar-refractivity contribution in [1.82, 2.24) is 10.2 Å². The van der Waals surface area contributed by atoms with Crippen LogP contribution in [0.1, 0.15) is 31.9 Å². The number of carbonyl (C=O) groups excluding carboxylic acids is 2. The van der Waals surface area contributed by atoms with Crippen LogP contribution in [0.25, 0.3) is 0 Å². The van der Waals surface area contributed by atoms with Gasteiger partial charge in [-0.1, -0.05) is 81.6 Å². The van der Waals surface area contributed by atoms with E-state index >= 15 is 0 Å². The van der Waals surface area contributed by atoms with Crippen molar-refractivity contribution in [2.45, 2.75) is 45.3 Å². The van der Waals surface area contributed by atoms with Gasteiger partial charge in [-0.25, -0.2) is 8.42 Å². The molecule has 0 aliphatic heterocycles. The van der Waals surface area contributed by atoms with Crippen LogP contribution in [0.2, 0.25) is 10.0 Å². The molecule has 0 heterocycles. The molecule has 0 radical (unpaired) electrons. The second-order valence-corrected chi connectivity index (χ2v) is 14.1. The van der Waals surface area contributed by atoms with E-state index < -0.39 is 34.1 Å². The zero-order valence-corrected chi connectivity index (χ0v) is 26.6. The molecule has 0 fully saturated rings. The highest BCUT2D eigenvalue weighted by molar-refractivity contribution is 9.10. The summed E-state index contributed by atoms with van der Waals surface area (Å²) in [4.78, 5) is 29.2. The number of halogens is 3. The van der Waals surface area contributed by atoms with Gasteiger partial charge in [-0.05, 0) is 62.2 Å². The molecule has 0 saturated heterocycles. The smallest absolute Gasteiger partial charge is 0.244 e. The lowest BCUT2D eigenvalue weighted by Gasteiger charge is -2.35. The Morgan fingerprint density at radius 1 is 0.925 bits per heavy atom. The third-order valence-electron chi connectivity index (χ3n) is 5.91. The van der Waals surface area contributed by atoms with Gasteiger partial charge in [-0.3, -0.25) is 13.9 Å². The van der Waals surface area contributed by atoms with Gasteiger partial charge >= 0.3 is 0 Å². The summed E-state index contributed by atoms with van der Waals surface area (Å²) < 4.78 is 27.5. The van der Waals surface area contributed by atoms with Crippen molar-refractivity contribution in [3.63, 3.8) is 0 Å². The van der Waals surface area contributed by atoms with Gasteiger partial charge in [0.2, 0.25) is 21.8 Å². The number of rotatable bonds is 10. The second-order valence-electron chi connectivity index (χ2n) is 10.5. The first-order chi connectivity index (χ1) is 18.6. The van der Waals surface area contributed by atoms with Crippen molar-refractivity contribution in [2.24, 2.45) is 0 Å². The number of hydrogen-bond acceptors (Lipinski definition) is 4. The van der Waals surface area contributed by atoms with Crippen LogP contribution in [-0.2, 0) is 32.6 Å². The highest BCUT2D eigenvalue weighted by Crippen LogP contribution is 2.29. The van der Waals surface area contributed by atoms with Gasteiger partial charge in [0.25, 0.3) is 0 Å². The first kappa shape index (κ1) is 31.9. The van der Waals surface area contributed by atoms with Gasteiger partial charge in [0, 0.05) is 23.0 Å². The Labute approximate surface area is 254 Å². The molecule has 0 aliphatic rings. The number of nitrogens with one attached hydrogen (secondary N) is 1. The number of hydrogen-bond donors (Lipinski definition) is 1. The normalized spacial score (nSPS) is 12.5. The predicted octanol–water partition coefficient (Wildman–Crippen LogP) is 6.08. The zero-order valence-electron chi connectivity index (χ0n) is 22.7. The van der Waals surface area contributed by atoms with Crippen LogP contribution in [0.4, 0.5) is 5.69 Å². The topological polar surface area (TPSA) is 86.8 Å². The molecule has 214 valence electrons. The summed E-state index contributed by atoms with van der Waals surface area (Å²) in [5.74, 6) is -0.897. The fourth-order valence-corrected chi connectivity index (χ4v) is 5.45. The molecule has 0 saturated carbocycles. The summed E-state index contributed by atoms with van der Waals surface area (Å²) in [6, 6.07) is 20.2. The molecule has 0 bridgehead atoms. The lowest BCUT2D eigenvalue weighted by molar-refractivity contribution is -0.140. The number of anilines is 1. The van der Waals surface area contributed by atoms with E-state index in [1.54, 1.807) is 0 Å². The Hall–Kier alpha value is -2.59. The molecule has 2 amide bonds. The Morgan fingerprint density at radius 3 is 2.10 bits per heavy atom. The molecule has 11 heteroatoms. The van der Waals surface area contributed by atoms with Gasteiger partial charge in [-0.15, -0.1) is 0 Å². The van der Waals surface area contributed by atoms with Gasteiger partial charge in [0.15, 0.2) is 0 Å². The molecule has 0 aliphatic carbocycles. The molecule has 40 heavy (non-hydrogen) atoms. The molecule has 3 rings (SSSR count). The van der Waals surface area contributed by atoms with Crippen molar-refractivity contribution in [2.75, 3.05) is 17.1 Å². The Balaban J connectivity index is 2.08. The minimum atomic E-state index is -3.91. The summed E-state index contributed by atoms with van der Waals surface area (Å²) in [6.45, 7) is 5.13. The highest BCUT2D eigenvalue weighted by atomic mass is 79.9. The van der Waals surface area contributed by atoms with E-state index in [0.717, 1.165) is 26.2 Å². The Kier molecular flexibility index (Phi) is 10.7. The van der Waals surface area contributed by atoms with E-state index in [9.17, 15) is 18.0 Å². The van der Waals surface area contributed by atoms with E-state index in [1.165, 1.54) is 23.1 Å². The van der Waals surface area contributed by atoms with Crippen molar-refractivity contribution < 1.29 is 18.0 Å². The third kappa shape index (κ3) is 9.23. The molecule has 3 aromatic rings. The molecule has 1 N–H and O–H groups in total. The number of benzene rings is 3. The lowest BCUT2D eigenvalue weighted by atomic mass is 10.0. The fourth-order valence-electron chi connectivity index (χ4n) is 4.05. The maximum Gasteiger partial charge on any atom is 0.244 e. The molecular weight excluding hydrogens is 637 g/mol. The van der Waals surface area contributed by atoms with Gasteiger partial charge in [-0.2, -0.15) is 0 Å². The van der Waals surface area contributed by atoms with Crippen LogP contribution in [0.3, 0.4) is 0 Å². The van der Waals surface area contributed by atoms with Crippen molar-refractivity contribution >= 4 is 66.7 Å². The van der Waals surface area contributed by atoms with Crippen LogP contribution in [0.5, 0.6) is 0 Å². The maximum atomic E-state index is 14.1. The van der Waals surface area contributed by atoms with E-state index in [1.807, 2.05) is 75.4 Å². The van der Waals surface area contributed by atoms with E-state index in [0.29, 0.717) is 0 Å². The summed E-state index contributed by atoms with van der Waals surface area (Å²) >= 11 is 15.6. The quantitative estimate of drug-likeness (QED) is 0.284. The third-order valence-corrected chi connectivity index (χ3v) is 8.31. The van der Waals surface area contributed by atoms with Gasteiger partial charge in [0.05, 0.1) is 22.0 Å². The Bertz CT molecular complexity index is 1450. The summed E-state index contributed by atoms with van der Waals surface area (Å²) in [5.41, 5.74) is 1.26. The average molecular weight is 669 g/mol. The SMILES string of the molecule is CC(C)(C)NC(=O)C(Cc1ccccc1)N(Cc1ccc(Br)cc1)C(=O)CN(c1ccc(Cl)c(Cl)c1)S(C)(=O)=O. The van der Waals surface area contributed by atoms with Crippen LogP contribution in [0.15, 0.2) is 77.3 Å². The molecule has 3 aromatic carbocycles. The van der Waals surface area contributed by atoms with E-state index in [-0.39, 0.29) is 34.6 Å². The zero-order chi connectivity index (χ0) is 29.7. The van der Waals surface area contributed by atoms with Crippen molar-refractivity contribution in [3.8, 4) is 0 Å². The number of amides is 2.